The molecule has 0 aliphatic heterocycles. The Hall–Kier alpha value is -5.76. The predicted molar refractivity (Wildman–Crippen MR) is 223 cm³/mol. The first-order chi connectivity index (χ1) is 26.8. The molecule has 55 heavy (non-hydrogen) atoms. The minimum absolute atomic E-state index is 0.0423. The zero-order chi connectivity index (χ0) is 40.3. The normalized spacial score (nSPS) is 11.9. The van der Waals surface area contributed by atoms with Crippen molar-refractivity contribution in [2.75, 3.05) is 20.3 Å². The average molecular weight is 747 g/mol. The van der Waals surface area contributed by atoms with E-state index in [1.165, 1.54) is 13.2 Å². The van der Waals surface area contributed by atoms with Crippen LogP contribution in [0, 0.1) is 6.92 Å². The van der Waals surface area contributed by atoms with Crippen LogP contribution < -0.4 is 20.1 Å². The number of hydrogen-bond acceptors (Lipinski definition) is 6. The lowest BCUT2D eigenvalue weighted by molar-refractivity contribution is -0.123. The van der Waals surface area contributed by atoms with Crippen molar-refractivity contribution >= 4 is 12.0 Å². The Morgan fingerprint density at radius 3 is 1.80 bits per heavy atom. The van der Waals surface area contributed by atoms with E-state index in [0.717, 1.165) is 39.8 Å². The summed E-state index contributed by atoms with van der Waals surface area (Å²) in [4.78, 5) is 26.1. The van der Waals surface area contributed by atoms with E-state index < -0.39 is 12.1 Å². The van der Waals surface area contributed by atoms with Gasteiger partial charge in [-0.3, -0.25) is 4.79 Å². The van der Waals surface area contributed by atoms with Crippen LogP contribution >= 0.6 is 0 Å². The molecule has 0 heterocycles. The van der Waals surface area contributed by atoms with Crippen molar-refractivity contribution in [1.29, 1.82) is 0 Å². The number of nitrogens with one attached hydrogen (secondary N) is 2. The van der Waals surface area contributed by atoms with Gasteiger partial charge in [0.1, 0.15) is 23.9 Å². The van der Waals surface area contributed by atoms with E-state index in [0.29, 0.717) is 22.6 Å². The van der Waals surface area contributed by atoms with Crippen molar-refractivity contribution in [3.8, 4) is 28.4 Å². The third kappa shape index (κ3) is 11.4. The average Bonchev–Trinajstić information content (AvgIpc) is 3.56. The van der Waals surface area contributed by atoms with E-state index in [-0.39, 0.29) is 36.8 Å². The number of rotatable bonds is 12. The lowest BCUT2D eigenvalue weighted by Crippen LogP contribution is -2.32. The third-order valence-corrected chi connectivity index (χ3v) is 8.96. The zero-order valence-electron chi connectivity index (χ0n) is 33.8. The number of fused-ring (bicyclic) bond motifs is 3. The molecule has 2 amide bonds. The van der Waals surface area contributed by atoms with Gasteiger partial charge in [-0.1, -0.05) is 139 Å². The first-order valence-electron chi connectivity index (χ1n) is 19.4. The highest BCUT2D eigenvalue weighted by Gasteiger charge is 2.30. The lowest BCUT2D eigenvalue weighted by Gasteiger charge is -2.22. The Balaban J connectivity index is 0.00000129. The van der Waals surface area contributed by atoms with Crippen LogP contribution in [-0.2, 0) is 9.53 Å². The number of phenolic OH excluding ortho intramolecular Hbond substituents is 1. The maximum atomic E-state index is 13.4. The summed E-state index contributed by atoms with van der Waals surface area (Å²) in [6.45, 7) is 16.1. The van der Waals surface area contributed by atoms with Gasteiger partial charge in [0.2, 0.25) is 0 Å². The molecule has 8 heteroatoms. The summed E-state index contributed by atoms with van der Waals surface area (Å²) in [7, 11) is 1.52. The minimum Gasteiger partial charge on any atom is -0.507 e. The molecule has 0 saturated heterocycles. The topological polar surface area (TPSA) is 106 Å². The smallest absolute Gasteiger partial charge is 0.407 e. The number of aromatic hydroxyl groups is 1. The first-order valence-corrected chi connectivity index (χ1v) is 19.4. The summed E-state index contributed by atoms with van der Waals surface area (Å²) in [5, 5.41) is 16.9. The molecular formula is C47H58N2O6. The fourth-order valence-electron chi connectivity index (χ4n) is 6.35. The molecule has 5 aromatic carbocycles. The van der Waals surface area contributed by atoms with Gasteiger partial charge in [0.25, 0.3) is 5.91 Å². The van der Waals surface area contributed by atoms with E-state index in [1.807, 2.05) is 104 Å². The van der Waals surface area contributed by atoms with Crippen LogP contribution in [0.15, 0.2) is 115 Å². The first kappa shape index (κ1) is 43.6. The molecule has 0 saturated carbocycles. The lowest BCUT2D eigenvalue weighted by atomic mass is 9.97. The number of hydrogen-bond donors (Lipinski definition) is 3. The third-order valence-electron chi connectivity index (χ3n) is 8.96. The van der Waals surface area contributed by atoms with Gasteiger partial charge < -0.3 is 30.0 Å². The highest BCUT2D eigenvalue weighted by atomic mass is 16.5. The molecule has 0 radical (unpaired) electrons. The Labute approximate surface area is 327 Å². The zero-order valence-corrected chi connectivity index (χ0v) is 33.8. The van der Waals surface area contributed by atoms with Crippen molar-refractivity contribution in [2.45, 2.75) is 79.8 Å². The van der Waals surface area contributed by atoms with Gasteiger partial charge in [0, 0.05) is 17.5 Å². The number of benzene rings is 5. The second-order valence-electron chi connectivity index (χ2n) is 12.1. The number of amides is 2. The number of aryl methyl sites for hydroxylation is 1. The van der Waals surface area contributed by atoms with Crippen LogP contribution in [0.4, 0.5) is 4.79 Å². The van der Waals surface area contributed by atoms with Crippen LogP contribution in [0.1, 0.15) is 106 Å². The summed E-state index contributed by atoms with van der Waals surface area (Å²) in [6.07, 6.45) is 0.123. The Kier molecular flexibility index (Phi) is 17.8. The fourth-order valence-corrected chi connectivity index (χ4v) is 6.35. The predicted octanol–water partition coefficient (Wildman–Crippen LogP) is 11.1. The van der Waals surface area contributed by atoms with Crippen molar-refractivity contribution in [2.24, 2.45) is 0 Å². The standard InChI is InChI=1S/C41H40N2O6.3C2H6/c1-4-37(27-15-13-26(2)14-16-27)42-39(45)25-48-29-19-17-28(18-20-29)40(35-22-21-30(47-3)23-38(35)44)43-41(46)49-24-36-33-11-7-5-9-31(33)32-10-6-8-12-34(32)36;3*1-2/h5-23,36-37,40,44H,4,24-25H2,1-3H3,(H,42,45)(H,43,46);3*1-2H3. The minimum atomic E-state index is -0.751. The summed E-state index contributed by atoms with van der Waals surface area (Å²) in [5.74, 6) is 0.606. The summed E-state index contributed by atoms with van der Waals surface area (Å²) in [6, 6.07) is 35.5. The van der Waals surface area contributed by atoms with Gasteiger partial charge in [-0.25, -0.2) is 4.79 Å². The van der Waals surface area contributed by atoms with Gasteiger partial charge in [-0.05, 0) is 71.0 Å². The number of methoxy groups -OCH3 is 1. The quantitative estimate of drug-likeness (QED) is 0.117. The summed E-state index contributed by atoms with van der Waals surface area (Å²) in [5.41, 5.74) is 7.86. The van der Waals surface area contributed by atoms with Gasteiger partial charge in [-0.2, -0.15) is 0 Å². The van der Waals surface area contributed by atoms with Crippen LogP contribution in [0.5, 0.6) is 17.2 Å². The SMILES string of the molecule is CC.CC.CC.CCC(NC(=O)COc1ccc(C(NC(=O)OCC2c3ccccc3-c3ccccc32)c2ccc(OC)cc2O)cc1)c1ccc(C)cc1. The van der Waals surface area contributed by atoms with Gasteiger partial charge in [0.05, 0.1) is 19.2 Å². The largest absolute Gasteiger partial charge is 0.507 e. The molecular weight excluding hydrogens is 689 g/mol. The van der Waals surface area contributed by atoms with E-state index >= 15 is 0 Å². The summed E-state index contributed by atoms with van der Waals surface area (Å²) >= 11 is 0. The van der Waals surface area contributed by atoms with Gasteiger partial charge in [0.15, 0.2) is 6.61 Å². The van der Waals surface area contributed by atoms with Crippen molar-refractivity contribution < 1.29 is 28.9 Å². The highest BCUT2D eigenvalue weighted by Crippen LogP contribution is 2.44. The number of phenols is 1. The van der Waals surface area contributed by atoms with Crippen molar-refractivity contribution in [3.05, 3.63) is 149 Å². The molecule has 2 unspecified atom stereocenters. The van der Waals surface area contributed by atoms with E-state index in [9.17, 15) is 14.7 Å². The summed E-state index contributed by atoms with van der Waals surface area (Å²) < 4.78 is 16.9. The Bertz CT molecular complexity index is 1880. The van der Waals surface area contributed by atoms with E-state index in [2.05, 4.69) is 34.9 Å². The van der Waals surface area contributed by atoms with Crippen LogP contribution in [0.2, 0.25) is 0 Å². The maximum absolute atomic E-state index is 13.4. The number of carbonyl (C=O) groups is 2. The Morgan fingerprint density at radius 1 is 0.709 bits per heavy atom. The molecule has 0 spiro atoms. The molecule has 5 aromatic rings. The number of ether oxygens (including phenoxy) is 3. The Morgan fingerprint density at radius 2 is 1.25 bits per heavy atom. The van der Waals surface area contributed by atoms with Crippen LogP contribution in [0.25, 0.3) is 11.1 Å². The van der Waals surface area contributed by atoms with Crippen molar-refractivity contribution in [3.63, 3.8) is 0 Å². The molecule has 2 atom stereocenters. The van der Waals surface area contributed by atoms with Crippen LogP contribution in [-0.4, -0.2) is 37.4 Å². The molecule has 0 aromatic heterocycles. The molecule has 0 bridgehead atoms. The molecule has 3 N–H and O–H groups in total. The van der Waals surface area contributed by atoms with E-state index in [4.69, 9.17) is 14.2 Å². The van der Waals surface area contributed by atoms with E-state index in [1.54, 1.807) is 36.4 Å². The molecule has 0 fully saturated rings. The highest BCUT2D eigenvalue weighted by molar-refractivity contribution is 5.79. The molecule has 1 aliphatic rings. The molecule has 1 aliphatic carbocycles. The van der Waals surface area contributed by atoms with Gasteiger partial charge >= 0.3 is 6.09 Å². The molecule has 8 nitrogen and oxygen atoms in total. The number of carbonyl (C=O) groups excluding carboxylic acids is 2. The number of alkyl carbamates (subject to hydrolysis) is 1. The second-order valence-corrected chi connectivity index (χ2v) is 12.1. The van der Waals surface area contributed by atoms with Crippen molar-refractivity contribution in [1.82, 2.24) is 10.6 Å². The van der Waals surface area contributed by atoms with Gasteiger partial charge in [-0.15, -0.1) is 0 Å². The fraction of sp³-hybridized carbons (Fsp3) is 0.319. The maximum Gasteiger partial charge on any atom is 0.407 e. The molecule has 292 valence electrons. The second kappa shape index (κ2) is 22.5. The monoisotopic (exact) mass is 746 g/mol. The van der Waals surface area contributed by atoms with Crippen LogP contribution in [0.3, 0.4) is 0 Å². The molecule has 6 rings (SSSR count).